The lowest BCUT2D eigenvalue weighted by atomic mass is 10.0. The number of para-hydroxylation sites is 1. The standard InChI is InChI=1S/C22H24N2O3/c1-16-23-19-14-9-11-17(10-5-3-8-15-20(25)27-2)21(19)22(26)24(16)18-12-6-4-7-13-18/h4,6-7,9,11-14H,3,5,8,10,15H2,1-2H3. The van der Waals surface area contributed by atoms with E-state index in [-0.39, 0.29) is 11.5 Å². The topological polar surface area (TPSA) is 61.2 Å². The largest absolute Gasteiger partial charge is 0.469 e. The van der Waals surface area contributed by atoms with Crippen molar-refractivity contribution in [3.63, 3.8) is 0 Å². The van der Waals surface area contributed by atoms with E-state index in [1.807, 2.05) is 55.5 Å². The summed E-state index contributed by atoms with van der Waals surface area (Å²) in [5, 5.41) is 0.680. The molecule has 27 heavy (non-hydrogen) atoms. The molecule has 5 heteroatoms. The van der Waals surface area contributed by atoms with Crippen molar-refractivity contribution in [2.75, 3.05) is 7.11 Å². The summed E-state index contributed by atoms with van der Waals surface area (Å²) in [5.41, 5.74) is 2.53. The average Bonchev–Trinajstić information content (AvgIpc) is 2.68. The molecule has 0 radical (unpaired) electrons. The van der Waals surface area contributed by atoms with E-state index in [1.54, 1.807) is 4.57 Å². The third-order valence-corrected chi connectivity index (χ3v) is 4.72. The van der Waals surface area contributed by atoms with Crippen molar-refractivity contribution in [1.82, 2.24) is 9.55 Å². The van der Waals surface area contributed by atoms with Gasteiger partial charge in [-0.1, -0.05) is 36.8 Å². The first-order valence-corrected chi connectivity index (χ1v) is 9.25. The van der Waals surface area contributed by atoms with Gasteiger partial charge in [0.25, 0.3) is 5.56 Å². The number of ether oxygens (including phenoxy) is 1. The molecule has 3 aromatic rings. The second-order valence-electron chi connectivity index (χ2n) is 6.58. The molecule has 0 saturated heterocycles. The summed E-state index contributed by atoms with van der Waals surface area (Å²) in [4.78, 5) is 29.1. The molecule has 2 aromatic carbocycles. The maximum absolute atomic E-state index is 13.2. The molecule has 5 nitrogen and oxygen atoms in total. The number of aryl methyl sites for hydroxylation is 2. The van der Waals surface area contributed by atoms with Crippen molar-refractivity contribution in [3.05, 3.63) is 70.3 Å². The highest BCUT2D eigenvalue weighted by atomic mass is 16.5. The number of carbonyl (C=O) groups is 1. The molecule has 0 saturated carbocycles. The molecule has 0 aliphatic rings. The zero-order valence-electron chi connectivity index (χ0n) is 15.8. The van der Waals surface area contributed by atoms with E-state index in [4.69, 9.17) is 0 Å². The van der Waals surface area contributed by atoms with Crippen molar-refractivity contribution in [2.24, 2.45) is 0 Å². The van der Waals surface area contributed by atoms with Crippen molar-refractivity contribution in [1.29, 1.82) is 0 Å². The van der Waals surface area contributed by atoms with Crippen LogP contribution in [-0.4, -0.2) is 22.6 Å². The Morgan fingerprint density at radius 2 is 1.81 bits per heavy atom. The fourth-order valence-electron chi connectivity index (χ4n) is 3.36. The van der Waals surface area contributed by atoms with Crippen LogP contribution in [0.5, 0.6) is 0 Å². The lowest BCUT2D eigenvalue weighted by Gasteiger charge is -2.13. The van der Waals surface area contributed by atoms with Crippen LogP contribution >= 0.6 is 0 Å². The summed E-state index contributed by atoms with van der Waals surface area (Å²) >= 11 is 0. The van der Waals surface area contributed by atoms with Gasteiger partial charge in [-0.3, -0.25) is 14.2 Å². The van der Waals surface area contributed by atoms with E-state index in [2.05, 4.69) is 9.72 Å². The summed E-state index contributed by atoms with van der Waals surface area (Å²) in [6.07, 6.45) is 3.84. The predicted octanol–water partition coefficient (Wildman–Crippen LogP) is 3.97. The van der Waals surface area contributed by atoms with E-state index in [9.17, 15) is 9.59 Å². The number of methoxy groups -OCH3 is 1. The molecule has 3 rings (SSSR count). The molecule has 0 aliphatic carbocycles. The van der Waals surface area contributed by atoms with Crippen molar-refractivity contribution in [3.8, 4) is 5.69 Å². The molecular formula is C22H24N2O3. The molecule has 140 valence electrons. The van der Waals surface area contributed by atoms with Gasteiger partial charge in [0.1, 0.15) is 5.82 Å². The van der Waals surface area contributed by atoms with Crippen LogP contribution in [0.4, 0.5) is 0 Å². The van der Waals surface area contributed by atoms with Crippen molar-refractivity contribution in [2.45, 2.75) is 39.0 Å². The average molecular weight is 364 g/mol. The van der Waals surface area contributed by atoms with E-state index in [0.29, 0.717) is 17.6 Å². The van der Waals surface area contributed by atoms with Crippen LogP contribution in [0.3, 0.4) is 0 Å². The quantitative estimate of drug-likeness (QED) is 0.470. The zero-order chi connectivity index (χ0) is 19.2. The molecule has 0 bridgehead atoms. The van der Waals surface area contributed by atoms with Crippen molar-refractivity contribution >= 4 is 16.9 Å². The summed E-state index contributed by atoms with van der Waals surface area (Å²) in [7, 11) is 1.41. The summed E-state index contributed by atoms with van der Waals surface area (Å²) in [5.74, 6) is 0.500. The number of rotatable bonds is 7. The summed E-state index contributed by atoms with van der Waals surface area (Å²) < 4.78 is 6.33. The van der Waals surface area contributed by atoms with Gasteiger partial charge >= 0.3 is 5.97 Å². The monoisotopic (exact) mass is 364 g/mol. The first kappa shape index (κ1) is 18.8. The Hall–Kier alpha value is -2.95. The minimum absolute atomic E-state index is 0.0335. The van der Waals surface area contributed by atoms with E-state index >= 15 is 0 Å². The zero-order valence-corrected chi connectivity index (χ0v) is 15.8. The number of fused-ring (bicyclic) bond motifs is 1. The van der Waals surface area contributed by atoms with Gasteiger partial charge in [-0.05, 0) is 49.9 Å². The van der Waals surface area contributed by atoms with Gasteiger partial charge in [0.2, 0.25) is 0 Å². The van der Waals surface area contributed by atoms with Crippen LogP contribution < -0.4 is 5.56 Å². The lowest BCUT2D eigenvalue weighted by molar-refractivity contribution is -0.140. The molecule has 0 N–H and O–H groups in total. The smallest absolute Gasteiger partial charge is 0.305 e. The second kappa shape index (κ2) is 8.62. The van der Waals surface area contributed by atoms with Crippen LogP contribution in [0.2, 0.25) is 0 Å². The number of nitrogens with zero attached hydrogens (tertiary/aromatic N) is 2. The number of benzene rings is 2. The number of hydrogen-bond donors (Lipinski definition) is 0. The molecule has 0 fully saturated rings. The van der Waals surface area contributed by atoms with Gasteiger partial charge in [-0.25, -0.2) is 4.98 Å². The normalized spacial score (nSPS) is 10.9. The molecule has 0 amide bonds. The van der Waals surface area contributed by atoms with E-state index < -0.39 is 0 Å². The van der Waals surface area contributed by atoms with Gasteiger partial charge < -0.3 is 4.74 Å². The molecule has 1 aromatic heterocycles. The number of esters is 1. The van der Waals surface area contributed by atoms with Crippen LogP contribution in [0.1, 0.15) is 37.1 Å². The Morgan fingerprint density at radius 3 is 2.56 bits per heavy atom. The fourth-order valence-corrected chi connectivity index (χ4v) is 3.36. The number of hydrogen-bond acceptors (Lipinski definition) is 4. The van der Waals surface area contributed by atoms with Crippen LogP contribution in [0.15, 0.2) is 53.3 Å². The third kappa shape index (κ3) is 4.25. The Labute approximate surface area is 158 Å². The van der Waals surface area contributed by atoms with Gasteiger partial charge in [0, 0.05) is 6.42 Å². The highest BCUT2D eigenvalue weighted by molar-refractivity contribution is 5.81. The Morgan fingerprint density at radius 1 is 1.04 bits per heavy atom. The molecule has 1 heterocycles. The summed E-state index contributed by atoms with van der Waals surface area (Å²) in [6, 6.07) is 15.4. The molecular weight excluding hydrogens is 340 g/mol. The predicted molar refractivity (Wildman–Crippen MR) is 106 cm³/mol. The maximum Gasteiger partial charge on any atom is 0.305 e. The molecule has 0 aliphatic heterocycles. The van der Waals surface area contributed by atoms with Crippen molar-refractivity contribution < 1.29 is 9.53 Å². The highest BCUT2D eigenvalue weighted by Gasteiger charge is 2.13. The van der Waals surface area contributed by atoms with E-state index in [0.717, 1.165) is 42.5 Å². The number of aromatic nitrogens is 2. The minimum atomic E-state index is -0.175. The molecule has 0 unspecified atom stereocenters. The van der Waals surface area contributed by atoms with Crippen LogP contribution in [0.25, 0.3) is 16.6 Å². The van der Waals surface area contributed by atoms with Gasteiger partial charge in [0.15, 0.2) is 0 Å². The van der Waals surface area contributed by atoms with Gasteiger partial charge in [-0.15, -0.1) is 0 Å². The number of unbranched alkanes of at least 4 members (excludes halogenated alkanes) is 2. The Bertz CT molecular complexity index is 994. The third-order valence-electron chi connectivity index (χ3n) is 4.72. The molecule has 0 atom stereocenters. The highest BCUT2D eigenvalue weighted by Crippen LogP contribution is 2.18. The second-order valence-corrected chi connectivity index (χ2v) is 6.58. The maximum atomic E-state index is 13.2. The minimum Gasteiger partial charge on any atom is -0.469 e. The summed E-state index contributed by atoms with van der Waals surface area (Å²) in [6.45, 7) is 1.85. The Kier molecular flexibility index (Phi) is 6.01. The van der Waals surface area contributed by atoms with Gasteiger partial charge in [-0.2, -0.15) is 0 Å². The van der Waals surface area contributed by atoms with Crippen LogP contribution in [0, 0.1) is 6.92 Å². The van der Waals surface area contributed by atoms with Crippen LogP contribution in [-0.2, 0) is 16.0 Å². The van der Waals surface area contributed by atoms with Gasteiger partial charge in [0.05, 0.1) is 23.7 Å². The number of carbonyl (C=O) groups excluding carboxylic acids is 1. The first-order chi connectivity index (χ1) is 13.1. The fraction of sp³-hybridized carbons (Fsp3) is 0.318. The first-order valence-electron chi connectivity index (χ1n) is 9.25. The Balaban J connectivity index is 1.89. The molecule has 0 spiro atoms. The van der Waals surface area contributed by atoms with E-state index in [1.165, 1.54) is 7.11 Å². The SMILES string of the molecule is COC(=O)CCCCCc1cccc2nc(C)n(-c3ccccc3)c(=O)c12. The lowest BCUT2D eigenvalue weighted by Crippen LogP contribution is -2.23.